The molecule has 2 rings (SSSR count). The van der Waals surface area contributed by atoms with Crippen LogP contribution in [0, 0.1) is 6.92 Å². The number of hydrogen-bond donors (Lipinski definition) is 0. The molecular weight excluding hydrogens is 252 g/mol. The molecule has 76 valence electrons. The van der Waals surface area contributed by atoms with Crippen molar-refractivity contribution in [2.75, 3.05) is 0 Å². The maximum atomic E-state index is 4.37. The lowest BCUT2D eigenvalue weighted by Crippen LogP contribution is -1.97. The predicted octanol–water partition coefficient (Wildman–Crippen LogP) is 3.14. The minimum Gasteiger partial charge on any atom is -0.241 e. The number of benzene rings is 1. The van der Waals surface area contributed by atoms with E-state index < -0.39 is 0 Å². The van der Waals surface area contributed by atoms with Crippen LogP contribution in [0.25, 0.3) is 0 Å². The van der Waals surface area contributed by atoms with Gasteiger partial charge in [-0.15, -0.1) is 0 Å². The Balaban J connectivity index is 2.18. The zero-order chi connectivity index (χ0) is 10.7. The van der Waals surface area contributed by atoms with Gasteiger partial charge in [-0.2, -0.15) is 0 Å². The largest absolute Gasteiger partial charge is 0.241 e. The summed E-state index contributed by atoms with van der Waals surface area (Å²) in [6.07, 6.45) is 2.59. The van der Waals surface area contributed by atoms with Crippen LogP contribution in [0.1, 0.15) is 17.1 Å². The minimum atomic E-state index is 0.787. The molecule has 0 saturated heterocycles. The Labute approximate surface area is 97.5 Å². The van der Waals surface area contributed by atoms with Crippen LogP contribution in [-0.2, 0) is 6.42 Å². The third-order valence-electron chi connectivity index (χ3n) is 2.12. The molecule has 1 aromatic carbocycles. The highest BCUT2D eigenvalue weighted by atomic mass is 79.9. The lowest BCUT2D eigenvalue weighted by atomic mass is 10.1. The molecule has 0 aliphatic carbocycles. The van der Waals surface area contributed by atoms with Crippen LogP contribution in [0.3, 0.4) is 0 Å². The lowest BCUT2D eigenvalue weighted by Gasteiger charge is -2.01. The Morgan fingerprint density at radius 1 is 1.13 bits per heavy atom. The topological polar surface area (TPSA) is 25.8 Å². The first kappa shape index (κ1) is 10.3. The van der Waals surface area contributed by atoms with Gasteiger partial charge in [0.25, 0.3) is 0 Å². The molecule has 0 unspecified atom stereocenters. The molecule has 2 aromatic rings. The van der Waals surface area contributed by atoms with E-state index in [2.05, 4.69) is 38.0 Å². The quantitative estimate of drug-likeness (QED) is 0.831. The highest BCUT2D eigenvalue weighted by molar-refractivity contribution is 9.10. The number of hydrogen-bond acceptors (Lipinski definition) is 2. The molecule has 0 bridgehead atoms. The van der Waals surface area contributed by atoms with Crippen molar-refractivity contribution < 1.29 is 0 Å². The molecule has 0 amide bonds. The van der Waals surface area contributed by atoms with E-state index in [1.807, 2.05) is 25.1 Å². The summed E-state index contributed by atoms with van der Waals surface area (Å²) in [4.78, 5) is 8.60. The van der Waals surface area contributed by atoms with Crippen molar-refractivity contribution >= 4 is 15.9 Å². The molecule has 0 aliphatic rings. The predicted molar refractivity (Wildman–Crippen MR) is 63.7 cm³/mol. The van der Waals surface area contributed by atoms with Gasteiger partial charge in [-0.1, -0.05) is 28.1 Å². The van der Waals surface area contributed by atoms with Crippen LogP contribution in [0.5, 0.6) is 0 Å². The standard InChI is InChI=1S/C12H11BrN2/c1-9-6-7-14-12(15-9)8-10-2-4-11(13)5-3-10/h2-7H,8H2,1H3. The van der Waals surface area contributed by atoms with Crippen LogP contribution in [-0.4, -0.2) is 9.97 Å². The molecule has 0 saturated carbocycles. The number of nitrogens with zero attached hydrogens (tertiary/aromatic N) is 2. The van der Waals surface area contributed by atoms with Crippen molar-refractivity contribution in [3.63, 3.8) is 0 Å². The molecule has 0 aliphatic heterocycles. The molecule has 1 aromatic heterocycles. The normalized spacial score (nSPS) is 10.3. The average molecular weight is 263 g/mol. The van der Waals surface area contributed by atoms with Crippen molar-refractivity contribution in [3.05, 3.63) is 58.1 Å². The van der Waals surface area contributed by atoms with E-state index in [1.165, 1.54) is 5.56 Å². The average Bonchev–Trinajstić information content (AvgIpc) is 2.22. The molecule has 1 heterocycles. The Morgan fingerprint density at radius 3 is 2.53 bits per heavy atom. The zero-order valence-electron chi connectivity index (χ0n) is 8.44. The maximum Gasteiger partial charge on any atom is 0.132 e. The SMILES string of the molecule is Cc1ccnc(Cc2ccc(Br)cc2)n1. The summed E-state index contributed by atoms with van der Waals surface area (Å²) < 4.78 is 1.09. The Morgan fingerprint density at radius 2 is 1.87 bits per heavy atom. The van der Waals surface area contributed by atoms with Crippen LogP contribution in [0.2, 0.25) is 0 Å². The molecule has 2 nitrogen and oxygen atoms in total. The Kier molecular flexibility index (Phi) is 3.11. The second-order valence-corrected chi connectivity index (χ2v) is 4.33. The lowest BCUT2D eigenvalue weighted by molar-refractivity contribution is 0.942. The van der Waals surface area contributed by atoms with E-state index in [4.69, 9.17) is 0 Å². The van der Waals surface area contributed by atoms with Gasteiger partial charge in [0.2, 0.25) is 0 Å². The van der Waals surface area contributed by atoms with E-state index in [1.54, 1.807) is 6.20 Å². The fourth-order valence-corrected chi connectivity index (χ4v) is 1.64. The van der Waals surface area contributed by atoms with Crippen molar-refractivity contribution in [1.82, 2.24) is 9.97 Å². The Hall–Kier alpha value is -1.22. The van der Waals surface area contributed by atoms with Crippen molar-refractivity contribution in [3.8, 4) is 0 Å². The van der Waals surface area contributed by atoms with Gasteiger partial charge in [0.1, 0.15) is 5.82 Å². The summed E-state index contributed by atoms with van der Waals surface area (Å²) in [5.74, 6) is 0.873. The minimum absolute atomic E-state index is 0.787. The summed E-state index contributed by atoms with van der Waals surface area (Å²) in [7, 11) is 0. The summed E-state index contributed by atoms with van der Waals surface area (Å²) in [6, 6.07) is 10.1. The van der Waals surface area contributed by atoms with E-state index in [9.17, 15) is 0 Å². The summed E-state index contributed by atoms with van der Waals surface area (Å²) in [5.41, 5.74) is 2.24. The first-order valence-corrected chi connectivity index (χ1v) is 5.56. The van der Waals surface area contributed by atoms with Crippen molar-refractivity contribution in [2.45, 2.75) is 13.3 Å². The zero-order valence-corrected chi connectivity index (χ0v) is 10.0. The summed E-state index contributed by atoms with van der Waals surface area (Å²) >= 11 is 3.41. The highest BCUT2D eigenvalue weighted by Gasteiger charge is 1.99. The summed E-state index contributed by atoms with van der Waals surface area (Å²) in [6.45, 7) is 1.98. The van der Waals surface area contributed by atoms with Crippen LogP contribution >= 0.6 is 15.9 Å². The second-order valence-electron chi connectivity index (χ2n) is 3.42. The van der Waals surface area contributed by atoms with Crippen molar-refractivity contribution in [1.29, 1.82) is 0 Å². The van der Waals surface area contributed by atoms with Crippen LogP contribution < -0.4 is 0 Å². The second kappa shape index (κ2) is 4.53. The summed E-state index contributed by atoms with van der Waals surface area (Å²) in [5, 5.41) is 0. The number of halogens is 1. The van der Waals surface area contributed by atoms with Crippen molar-refractivity contribution in [2.24, 2.45) is 0 Å². The molecule has 0 N–H and O–H groups in total. The van der Waals surface area contributed by atoms with Gasteiger partial charge in [0.05, 0.1) is 0 Å². The van der Waals surface area contributed by atoms with Gasteiger partial charge in [0.15, 0.2) is 0 Å². The Bertz CT molecular complexity index is 451. The molecule has 15 heavy (non-hydrogen) atoms. The van der Waals surface area contributed by atoms with E-state index >= 15 is 0 Å². The van der Waals surface area contributed by atoms with Crippen LogP contribution in [0.4, 0.5) is 0 Å². The van der Waals surface area contributed by atoms with Gasteiger partial charge < -0.3 is 0 Å². The maximum absolute atomic E-state index is 4.37. The molecule has 0 spiro atoms. The number of rotatable bonds is 2. The number of aryl methyl sites for hydroxylation is 1. The first-order chi connectivity index (χ1) is 7.24. The highest BCUT2D eigenvalue weighted by Crippen LogP contribution is 2.12. The van der Waals surface area contributed by atoms with Gasteiger partial charge >= 0.3 is 0 Å². The van der Waals surface area contributed by atoms with Crippen LogP contribution in [0.15, 0.2) is 41.0 Å². The van der Waals surface area contributed by atoms with E-state index in [-0.39, 0.29) is 0 Å². The first-order valence-electron chi connectivity index (χ1n) is 4.77. The molecule has 0 atom stereocenters. The monoisotopic (exact) mass is 262 g/mol. The van der Waals surface area contributed by atoms with Gasteiger partial charge in [-0.05, 0) is 30.7 Å². The fraction of sp³-hybridized carbons (Fsp3) is 0.167. The fourth-order valence-electron chi connectivity index (χ4n) is 1.37. The molecule has 3 heteroatoms. The van der Waals surface area contributed by atoms with Gasteiger partial charge in [-0.25, -0.2) is 9.97 Å². The van der Waals surface area contributed by atoms with Gasteiger partial charge in [-0.3, -0.25) is 0 Å². The van der Waals surface area contributed by atoms with E-state index in [0.717, 1.165) is 22.4 Å². The molecule has 0 radical (unpaired) electrons. The van der Waals surface area contributed by atoms with E-state index in [0.29, 0.717) is 0 Å². The number of aromatic nitrogens is 2. The smallest absolute Gasteiger partial charge is 0.132 e. The van der Waals surface area contributed by atoms with Gasteiger partial charge in [0, 0.05) is 22.8 Å². The molecular formula is C12H11BrN2. The third-order valence-corrected chi connectivity index (χ3v) is 2.65. The third kappa shape index (κ3) is 2.86. The molecule has 0 fully saturated rings.